The van der Waals surface area contributed by atoms with E-state index in [-0.39, 0.29) is 31.9 Å². The molecule has 0 atom stereocenters. The van der Waals surface area contributed by atoms with Crippen LogP contribution < -0.4 is 4.74 Å². The van der Waals surface area contributed by atoms with Gasteiger partial charge in [-0.1, -0.05) is 40.9 Å². The molecule has 0 saturated carbocycles. The molecule has 7 heteroatoms. The maximum Gasteiger partial charge on any atom is 0.417 e. The van der Waals surface area contributed by atoms with E-state index in [0.717, 1.165) is 6.07 Å². The minimum Gasteiger partial charge on any atom is -0.497 e. The van der Waals surface area contributed by atoms with Gasteiger partial charge in [0.25, 0.3) is 0 Å². The average molecular weight is 356 g/mol. The second-order valence-electron chi connectivity index (χ2n) is 4.16. The molecule has 21 heavy (non-hydrogen) atoms. The fraction of sp³-hybridized carbons (Fsp3) is 0.143. The average Bonchev–Trinajstić information content (AvgIpc) is 2.42. The van der Waals surface area contributed by atoms with Crippen LogP contribution in [0.5, 0.6) is 5.75 Å². The van der Waals surface area contributed by atoms with Crippen molar-refractivity contribution in [2.75, 3.05) is 7.11 Å². The predicted molar refractivity (Wildman–Crippen MR) is 78.5 cm³/mol. The molecule has 0 saturated heterocycles. The molecule has 0 bridgehead atoms. The van der Waals surface area contributed by atoms with Crippen LogP contribution in [0.2, 0.25) is 15.1 Å². The molecule has 0 fully saturated rings. The first-order valence-electron chi connectivity index (χ1n) is 5.64. The van der Waals surface area contributed by atoms with Crippen molar-refractivity contribution in [3.05, 3.63) is 51.0 Å². The number of benzene rings is 2. The van der Waals surface area contributed by atoms with Crippen molar-refractivity contribution in [1.29, 1.82) is 0 Å². The number of methoxy groups -OCH3 is 1. The molecule has 2 aromatic rings. The summed E-state index contributed by atoms with van der Waals surface area (Å²) in [5, 5.41) is 0.273. The summed E-state index contributed by atoms with van der Waals surface area (Å²) in [6.07, 6.45) is -4.54. The summed E-state index contributed by atoms with van der Waals surface area (Å²) in [7, 11) is 1.30. The van der Waals surface area contributed by atoms with E-state index in [4.69, 9.17) is 39.5 Å². The second kappa shape index (κ2) is 5.95. The fourth-order valence-corrected chi connectivity index (χ4v) is 2.44. The van der Waals surface area contributed by atoms with Crippen LogP contribution in [0.25, 0.3) is 11.1 Å². The number of hydrogen-bond donors (Lipinski definition) is 0. The van der Waals surface area contributed by atoms with Crippen molar-refractivity contribution in [2.24, 2.45) is 0 Å². The third-order valence-corrected chi connectivity index (χ3v) is 4.02. The Morgan fingerprint density at radius 2 is 1.52 bits per heavy atom. The molecule has 2 aromatic carbocycles. The van der Waals surface area contributed by atoms with Crippen molar-refractivity contribution >= 4 is 34.8 Å². The lowest BCUT2D eigenvalue weighted by Gasteiger charge is -2.15. The van der Waals surface area contributed by atoms with Crippen LogP contribution in [0.15, 0.2) is 30.3 Å². The van der Waals surface area contributed by atoms with Crippen molar-refractivity contribution in [2.45, 2.75) is 6.18 Å². The van der Waals surface area contributed by atoms with E-state index in [0.29, 0.717) is 0 Å². The molecule has 0 heterocycles. The molecule has 0 aliphatic heterocycles. The number of rotatable bonds is 2. The van der Waals surface area contributed by atoms with Gasteiger partial charge in [-0.05, 0) is 35.4 Å². The Morgan fingerprint density at radius 3 is 2.00 bits per heavy atom. The summed E-state index contributed by atoms with van der Waals surface area (Å²) < 4.78 is 44.4. The van der Waals surface area contributed by atoms with Gasteiger partial charge < -0.3 is 4.74 Å². The minimum absolute atomic E-state index is 0.0521. The zero-order valence-electron chi connectivity index (χ0n) is 10.6. The quantitative estimate of drug-likeness (QED) is 0.571. The molecule has 0 amide bonds. The van der Waals surface area contributed by atoms with Gasteiger partial charge in [0, 0.05) is 0 Å². The van der Waals surface area contributed by atoms with Crippen LogP contribution in [-0.2, 0) is 6.18 Å². The molecule has 0 aliphatic carbocycles. The van der Waals surface area contributed by atoms with Crippen LogP contribution in [-0.4, -0.2) is 7.11 Å². The van der Waals surface area contributed by atoms with Crippen LogP contribution in [0.4, 0.5) is 13.2 Å². The first-order chi connectivity index (χ1) is 9.74. The first-order valence-corrected chi connectivity index (χ1v) is 6.77. The van der Waals surface area contributed by atoms with Crippen molar-refractivity contribution in [1.82, 2.24) is 0 Å². The van der Waals surface area contributed by atoms with Gasteiger partial charge in [0.2, 0.25) is 0 Å². The molecular weight excluding hydrogens is 348 g/mol. The molecule has 0 unspecified atom stereocenters. The highest BCUT2D eigenvalue weighted by atomic mass is 35.5. The van der Waals surface area contributed by atoms with Gasteiger partial charge in [0.1, 0.15) is 5.75 Å². The molecule has 0 radical (unpaired) electrons. The van der Waals surface area contributed by atoms with E-state index in [9.17, 15) is 13.2 Å². The Labute approximate surface area is 134 Å². The zero-order valence-corrected chi connectivity index (χ0v) is 12.8. The van der Waals surface area contributed by atoms with Gasteiger partial charge >= 0.3 is 6.18 Å². The number of ether oxygens (including phenoxy) is 1. The maximum absolute atomic E-state index is 13.2. The SMILES string of the molecule is COc1ccc(-c2cc(Cl)c(Cl)c(Cl)c2)c(C(F)(F)F)c1. The number of halogens is 6. The van der Waals surface area contributed by atoms with Gasteiger partial charge in [-0.25, -0.2) is 0 Å². The summed E-state index contributed by atoms with van der Waals surface area (Å²) in [6.45, 7) is 0. The third kappa shape index (κ3) is 3.39. The number of alkyl halides is 3. The second-order valence-corrected chi connectivity index (χ2v) is 5.36. The zero-order chi connectivity index (χ0) is 15.8. The minimum atomic E-state index is -4.54. The lowest BCUT2D eigenvalue weighted by Crippen LogP contribution is -2.07. The number of hydrogen-bond acceptors (Lipinski definition) is 1. The van der Waals surface area contributed by atoms with E-state index in [1.54, 1.807) is 0 Å². The smallest absolute Gasteiger partial charge is 0.417 e. The van der Waals surface area contributed by atoms with E-state index in [2.05, 4.69) is 0 Å². The van der Waals surface area contributed by atoms with Crippen LogP contribution >= 0.6 is 34.8 Å². The highest BCUT2D eigenvalue weighted by Crippen LogP contribution is 2.42. The van der Waals surface area contributed by atoms with E-state index in [1.807, 2.05) is 0 Å². The monoisotopic (exact) mass is 354 g/mol. The normalized spacial score (nSPS) is 11.6. The third-order valence-electron chi connectivity index (χ3n) is 2.83. The van der Waals surface area contributed by atoms with Crippen molar-refractivity contribution in [3.63, 3.8) is 0 Å². The largest absolute Gasteiger partial charge is 0.497 e. The van der Waals surface area contributed by atoms with Crippen LogP contribution in [0.1, 0.15) is 5.56 Å². The molecular formula is C14H8Cl3F3O. The molecule has 0 N–H and O–H groups in total. The van der Waals surface area contributed by atoms with Crippen molar-refractivity contribution < 1.29 is 17.9 Å². The first kappa shape index (κ1) is 16.3. The standard InChI is InChI=1S/C14H8Cl3F3O/c1-21-8-2-3-9(10(6-8)14(18,19)20)7-4-11(15)13(17)12(16)5-7/h2-6H,1H3. The lowest BCUT2D eigenvalue weighted by molar-refractivity contribution is -0.137. The van der Waals surface area contributed by atoms with Gasteiger partial charge in [-0.15, -0.1) is 0 Å². The van der Waals surface area contributed by atoms with Crippen LogP contribution in [0, 0.1) is 0 Å². The van der Waals surface area contributed by atoms with E-state index in [1.165, 1.54) is 31.4 Å². The summed E-state index contributed by atoms with van der Waals surface area (Å²) in [4.78, 5) is 0. The molecule has 112 valence electrons. The molecule has 0 aromatic heterocycles. The summed E-state index contributed by atoms with van der Waals surface area (Å²) in [5.41, 5.74) is -0.663. The Balaban J connectivity index is 2.69. The Bertz CT molecular complexity index is 661. The summed E-state index contributed by atoms with van der Waals surface area (Å²) in [6, 6.07) is 6.34. The molecule has 1 nitrogen and oxygen atoms in total. The van der Waals surface area contributed by atoms with Gasteiger partial charge in [0.15, 0.2) is 0 Å². The summed E-state index contributed by atoms with van der Waals surface area (Å²) >= 11 is 17.6. The predicted octanol–water partition coefficient (Wildman–Crippen LogP) is 6.34. The Morgan fingerprint density at radius 1 is 0.952 bits per heavy atom. The maximum atomic E-state index is 13.2. The fourth-order valence-electron chi connectivity index (χ4n) is 1.85. The van der Waals surface area contributed by atoms with Gasteiger partial charge in [-0.3, -0.25) is 0 Å². The lowest BCUT2D eigenvalue weighted by atomic mass is 9.99. The van der Waals surface area contributed by atoms with Gasteiger partial charge in [0.05, 0.1) is 27.7 Å². The summed E-state index contributed by atoms with van der Waals surface area (Å²) in [5.74, 6) is 0.109. The molecule has 0 aliphatic rings. The Hall–Kier alpha value is -1.10. The Kier molecular flexibility index (Phi) is 4.61. The highest BCUT2D eigenvalue weighted by molar-refractivity contribution is 6.48. The van der Waals surface area contributed by atoms with Crippen molar-refractivity contribution in [3.8, 4) is 16.9 Å². The van der Waals surface area contributed by atoms with E-state index >= 15 is 0 Å². The highest BCUT2D eigenvalue weighted by Gasteiger charge is 2.34. The topological polar surface area (TPSA) is 9.23 Å². The van der Waals surface area contributed by atoms with Crippen LogP contribution in [0.3, 0.4) is 0 Å². The molecule has 2 rings (SSSR count). The van der Waals surface area contributed by atoms with E-state index < -0.39 is 11.7 Å². The van der Waals surface area contributed by atoms with Gasteiger partial charge in [-0.2, -0.15) is 13.2 Å². The molecule has 0 spiro atoms.